The van der Waals surface area contributed by atoms with E-state index in [0.29, 0.717) is 13.2 Å². The van der Waals surface area contributed by atoms with Gasteiger partial charge >= 0.3 is 0 Å². The van der Waals surface area contributed by atoms with Crippen molar-refractivity contribution in [1.82, 2.24) is 0 Å². The molecule has 0 aliphatic rings. The van der Waals surface area contributed by atoms with Crippen LogP contribution in [0.2, 0.25) is 0 Å². The van der Waals surface area contributed by atoms with E-state index >= 15 is 0 Å². The molecular formula is C20H21NO2. The number of rotatable bonds is 6. The van der Waals surface area contributed by atoms with Gasteiger partial charge in [0, 0.05) is 0 Å². The number of ether oxygens (including phenoxy) is 2. The predicted octanol–water partition coefficient (Wildman–Crippen LogP) is 3.93. The van der Waals surface area contributed by atoms with E-state index in [-0.39, 0.29) is 0 Å². The van der Waals surface area contributed by atoms with E-state index in [9.17, 15) is 0 Å². The zero-order chi connectivity index (χ0) is 16.1. The summed E-state index contributed by atoms with van der Waals surface area (Å²) >= 11 is 0. The van der Waals surface area contributed by atoms with Crippen LogP contribution in [0.15, 0.2) is 60.7 Å². The first kappa shape index (κ1) is 15.4. The molecule has 3 aromatic carbocycles. The number of fused-ring (bicyclic) bond motifs is 1. The summed E-state index contributed by atoms with van der Waals surface area (Å²) in [4.78, 5) is 0. The molecule has 2 N–H and O–H groups in total. The molecule has 0 saturated carbocycles. The Balaban J connectivity index is 1.91. The minimum atomic E-state index is 0.560. The van der Waals surface area contributed by atoms with Crippen LogP contribution in [0.5, 0.6) is 11.5 Å². The van der Waals surface area contributed by atoms with Gasteiger partial charge in [0.05, 0.1) is 7.11 Å². The third-order valence-electron chi connectivity index (χ3n) is 3.88. The fourth-order valence-electron chi connectivity index (χ4n) is 2.70. The lowest BCUT2D eigenvalue weighted by Crippen LogP contribution is -2.04. The van der Waals surface area contributed by atoms with Crippen molar-refractivity contribution < 1.29 is 9.47 Å². The minimum Gasteiger partial charge on any atom is -0.497 e. The van der Waals surface area contributed by atoms with E-state index in [0.717, 1.165) is 28.9 Å². The highest BCUT2D eigenvalue weighted by Crippen LogP contribution is 2.29. The number of hydrogen-bond acceptors (Lipinski definition) is 3. The molecule has 0 amide bonds. The lowest BCUT2D eigenvalue weighted by atomic mass is 10.0. The smallest absolute Gasteiger partial charge is 0.120 e. The minimum absolute atomic E-state index is 0.560. The van der Waals surface area contributed by atoms with Crippen LogP contribution >= 0.6 is 0 Å². The maximum Gasteiger partial charge on any atom is 0.120 e. The van der Waals surface area contributed by atoms with Crippen LogP contribution in [0.1, 0.15) is 11.1 Å². The molecule has 3 heteroatoms. The van der Waals surface area contributed by atoms with Gasteiger partial charge in [0.2, 0.25) is 0 Å². The van der Waals surface area contributed by atoms with E-state index in [4.69, 9.17) is 15.2 Å². The highest BCUT2D eigenvalue weighted by molar-refractivity contribution is 5.88. The third kappa shape index (κ3) is 3.63. The first-order valence-electron chi connectivity index (χ1n) is 7.77. The summed E-state index contributed by atoms with van der Waals surface area (Å²) in [5, 5.41) is 2.31. The van der Waals surface area contributed by atoms with Crippen LogP contribution in [0.25, 0.3) is 10.8 Å². The van der Waals surface area contributed by atoms with Crippen molar-refractivity contribution in [1.29, 1.82) is 0 Å². The molecule has 0 atom stereocenters. The topological polar surface area (TPSA) is 44.5 Å². The summed E-state index contributed by atoms with van der Waals surface area (Å²) in [6.45, 7) is 1.17. The van der Waals surface area contributed by atoms with Gasteiger partial charge in [-0.15, -0.1) is 0 Å². The predicted molar refractivity (Wildman–Crippen MR) is 94.0 cm³/mol. The molecule has 0 fully saturated rings. The quantitative estimate of drug-likeness (QED) is 0.750. The van der Waals surface area contributed by atoms with Crippen LogP contribution in [0.4, 0.5) is 0 Å². The Bertz CT molecular complexity index is 784. The molecule has 3 rings (SSSR count). The number of hydrogen-bond donors (Lipinski definition) is 1. The fourth-order valence-corrected chi connectivity index (χ4v) is 2.70. The summed E-state index contributed by atoms with van der Waals surface area (Å²) in [6.07, 6.45) is 0.812. The van der Waals surface area contributed by atoms with E-state index in [2.05, 4.69) is 36.4 Å². The van der Waals surface area contributed by atoms with E-state index < -0.39 is 0 Å². The van der Waals surface area contributed by atoms with Crippen LogP contribution in [0.3, 0.4) is 0 Å². The van der Waals surface area contributed by atoms with Gasteiger partial charge in [0.1, 0.15) is 18.1 Å². The Kier molecular flexibility index (Phi) is 4.79. The molecule has 0 aliphatic heterocycles. The molecule has 23 heavy (non-hydrogen) atoms. The van der Waals surface area contributed by atoms with Crippen molar-refractivity contribution in [3.8, 4) is 11.5 Å². The molecule has 0 spiro atoms. The molecule has 0 saturated heterocycles. The third-order valence-corrected chi connectivity index (χ3v) is 3.88. The Morgan fingerprint density at radius 2 is 1.74 bits per heavy atom. The lowest BCUT2D eigenvalue weighted by molar-refractivity contribution is 0.306. The molecule has 3 nitrogen and oxygen atoms in total. The SMILES string of the molecule is COc1ccc2cc(OCc3ccccc3)cc(CCN)c2c1. The molecule has 0 aromatic heterocycles. The standard InChI is InChI=1S/C20H21NO2/c1-22-18-8-7-16-11-19(12-17(9-10-21)20(16)13-18)23-14-15-5-3-2-4-6-15/h2-8,11-13H,9-10,14,21H2,1H3. The summed E-state index contributed by atoms with van der Waals surface area (Å²) in [7, 11) is 1.68. The van der Waals surface area contributed by atoms with Gasteiger partial charge in [-0.2, -0.15) is 0 Å². The highest BCUT2D eigenvalue weighted by Gasteiger charge is 2.07. The van der Waals surface area contributed by atoms with Gasteiger partial charge in [-0.05, 0) is 59.1 Å². The Hall–Kier alpha value is -2.52. The second kappa shape index (κ2) is 7.16. The first-order chi connectivity index (χ1) is 11.3. The molecule has 0 aliphatic carbocycles. The second-order valence-electron chi connectivity index (χ2n) is 5.48. The molecular weight excluding hydrogens is 286 g/mol. The second-order valence-corrected chi connectivity index (χ2v) is 5.48. The monoisotopic (exact) mass is 307 g/mol. The van der Waals surface area contributed by atoms with E-state index in [1.54, 1.807) is 7.11 Å². The van der Waals surface area contributed by atoms with Gasteiger partial charge in [-0.1, -0.05) is 36.4 Å². The van der Waals surface area contributed by atoms with Crippen molar-refractivity contribution in [3.63, 3.8) is 0 Å². The number of benzene rings is 3. The van der Waals surface area contributed by atoms with Crippen molar-refractivity contribution >= 4 is 10.8 Å². The van der Waals surface area contributed by atoms with Crippen molar-refractivity contribution in [2.75, 3.05) is 13.7 Å². The van der Waals surface area contributed by atoms with Crippen LogP contribution < -0.4 is 15.2 Å². The van der Waals surface area contributed by atoms with Gasteiger partial charge in [-0.25, -0.2) is 0 Å². The average molecular weight is 307 g/mol. The number of nitrogens with two attached hydrogens (primary N) is 1. The maximum atomic E-state index is 5.97. The normalized spacial score (nSPS) is 10.7. The van der Waals surface area contributed by atoms with Crippen molar-refractivity contribution in [2.24, 2.45) is 5.73 Å². The van der Waals surface area contributed by atoms with Crippen molar-refractivity contribution in [3.05, 3.63) is 71.8 Å². The Labute approximate surface area is 136 Å². The molecule has 0 radical (unpaired) electrons. The lowest BCUT2D eigenvalue weighted by Gasteiger charge is -2.12. The van der Waals surface area contributed by atoms with Crippen molar-refractivity contribution in [2.45, 2.75) is 13.0 Å². The zero-order valence-corrected chi connectivity index (χ0v) is 13.3. The Morgan fingerprint density at radius 1 is 0.913 bits per heavy atom. The van der Waals surface area contributed by atoms with E-state index in [1.165, 1.54) is 10.9 Å². The maximum absolute atomic E-state index is 5.97. The summed E-state index contributed by atoms with van der Waals surface area (Å²) in [5.74, 6) is 1.73. The van der Waals surface area contributed by atoms with Gasteiger partial charge in [-0.3, -0.25) is 0 Å². The Morgan fingerprint density at radius 3 is 2.48 bits per heavy atom. The molecule has 0 unspecified atom stereocenters. The van der Waals surface area contributed by atoms with Gasteiger partial charge < -0.3 is 15.2 Å². The van der Waals surface area contributed by atoms with Crippen LogP contribution in [-0.4, -0.2) is 13.7 Å². The fraction of sp³-hybridized carbons (Fsp3) is 0.200. The summed E-state index contributed by atoms with van der Waals surface area (Å²) in [5.41, 5.74) is 8.11. The average Bonchev–Trinajstić information content (AvgIpc) is 2.61. The molecule has 118 valence electrons. The molecule has 0 heterocycles. The van der Waals surface area contributed by atoms with E-state index in [1.807, 2.05) is 24.3 Å². The van der Waals surface area contributed by atoms with Gasteiger partial charge in [0.15, 0.2) is 0 Å². The molecule has 3 aromatic rings. The highest BCUT2D eigenvalue weighted by atomic mass is 16.5. The largest absolute Gasteiger partial charge is 0.497 e. The summed E-state index contributed by atoms with van der Waals surface area (Å²) in [6, 6.07) is 20.4. The number of methoxy groups -OCH3 is 1. The zero-order valence-electron chi connectivity index (χ0n) is 13.3. The molecule has 0 bridgehead atoms. The van der Waals surface area contributed by atoms with Crippen LogP contribution in [-0.2, 0) is 13.0 Å². The van der Waals surface area contributed by atoms with Gasteiger partial charge in [0.25, 0.3) is 0 Å². The summed E-state index contributed by atoms with van der Waals surface area (Å²) < 4.78 is 11.3. The van der Waals surface area contributed by atoms with Crippen LogP contribution in [0, 0.1) is 0 Å². The first-order valence-corrected chi connectivity index (χ1v) is 7.77.